The maximum absolute atomic E-state index is 12.1. The second-order valence-corrected chi connectivity index (χ2v) is 5.96. The van der Waals surface area contributed by atoms with Crippen molar-refractivity contribution in [2.24, 2.45) is 0 Å². The fraction of sp³-hybridized carbons (Fsp3) is 0.300. The summed E-state index contributed by atoms with van der Waals surface area (Å²) in [6.45, 7) is 4.87. The third-order valence-corrected chi connectivity index (χ3v) is 3.70. The van der Waals surface area contributed by atoms with E-state index in [9.17, 15) is 9.59 Å². The zero-order valence-corrected chi connectivity index (χ0v) is 14.8. The molecule has 0 heterocycles. The van der Waals surface area contributed by atoms with E-state index in [-0.39, 0.29) is 18.4 Å². The standard InChI is InChI=1S/C20H25N3O2/c1-3-4-11-21-20(25)16-8-6-9-17(13-16)22-14-19(24)23-18-10-5-7-15(2)12-18/h5-10,12-13,22H,3-4,11,14H2,1-2H3,(H,21,25)(H,23,24). The Morgan fingerprint density at radius 1 is 1.00 bits per heavy atom. The monoisotopic (exact) mass is 339 g/mol. The van der Waals surface area contributed by atoms with E-state index in [1.165, 1.54) is 0 Å². The van der Waals surface area contributed by atoms with Crippen LogP contribution in [0.5, 0.6) is 0 Å². The minimum Gasteiger partial charge on any atom is -0.376 e. The molecule has 25 heavy (non-hydrogen) atoms. The molecule has 0 unspecified atom stereocenters. The molecule has 0 saturated heterocycles. The van der Waals surface area contributed by atoms with Crippen molar-refractivity contribution in [2.75, 3.05) is 23.7 Å². The van der Waals surface area contributed by atoms with Gasteiger partial charge in [-0.1, -0.05) is 31.5 Å². The first kappa shape index (κ1) is 18.5. The van der Waals surface area contributed by atoms with Gasteiger partial charge in [0.05, 0.1) is 6.54 Å². The van der Waals surface area contributed by atoms with E-state index in [0.717, 1.165) is 29.8 Å². The van der Waals surface area contributed by atoms with Crippen LogP contribution in [0.2, 0.25) is 0 Å². The smallest absolute Gasteiger partial charge is 0.251 e. The van der Waals surface area contributed by atoms with Crippen LogP contribution in [-0.4, -0.2) is 24.9 Å². The molecular weight excluding hydrogens is 314 g/mol. The molecule has 0 aliphatic carbocycles. The lowest BCUT2D eigenvalue weighted by Crippen LogP contribution is -2.25. The molecule has 5 nitrogen and oxygen atoms in total. The Labute approximate surface area is 148 Å². The highest BCUT2D eigenvalue weighted by atomic mass is 16.2. The van der Waals surface area contributed by atoms with Crippen LogP contribution in [0.25, 0.3) is 0 Å². The van der Waals surface area contributed by atoms with Gasteiger partial charge >= 0.3 is 0 Å². The molecule has 0 radical (unpaired) electrons. The maximum Gasteiger partial charge on any atom is 0.251 e. The van der Waals surface area contributed by atoms with Crippen LogP contribution < -0.4 is 16.0 Å². The number of anilines is 2. The summed E-state index contributed by atoms with van der Waals surface area (Å²) < 4.78 is 0. The SMILES string of the molecule is CCCCNC(=O)c1cccc(NCC(=O)Nc2cccc(C)c2)c1. The molecule has 0 saturated carbocycles. The van der Waals surface area contributed by atoms with E-state index in [0.29, 0.717) is 12.1 Å². The van der Waals surface area contributed by atoms with Gasteiger partial charge in [-0.2, -0.15) is 0 Å². The number of benzene rings is 2. The molecular formula is C20H25N3O2. The van der Waals surface area contributed by atoms with Crippen LogP contribution in [0, 0.1) is 6.92 Å². The van der Waals surface area contributed by atoms with Crippen molar-refractivity contribution in [1.82, 2.24) is 5.32 Å². The third-order valence-electron chi connectivity index (χ3n) is 3.70. The van der Waals surface area contributed by atoms with Gasteiger partial charge in [-0.15, -0.1) is 0 Å². The summed E-state index contributed by atoms with van der Waals surface area (Å²) in [6.07, 6.45) is 2.00. The highest BCUT2D eigenvalue weighted by molar-refractivity contribution is 5.96. The largest absolute Gasteiger partial charge is 0.376 e. The average Bonchev–Trinajstić information content (AvgIpc) is 2.60. The first-order valence-corrected chi connectivity index (χ1v) is 8.57. The summed E-state index contributed by atoms with van der Waals surface area (Å²) in [5.74, 6) is -0.232. The molecule has 3 N–H and O–H groups in total. The minimum atomic E-state index is -0.136. The van der Waals surface area contributed by atoms with Gasteiger partial charge in [0.2, 0.25) is 5.91 Å². The van der Waals surface area contributed by atoms with Crippen molar-refractivity contribution in [3.63, 3.8) is 0 Å². The molecule has 0 spiro atoms. The molecule has 5 heteroatoms. The highest BCUT2D eigenvalue weighted by Gasteiger charge is 2.07. The van der Waals surface area contributed by atoms with Gasteiger partial charge in [-0.3, -0.25) is 9.59 Å². The van der Waals surface area contributed by atoms with Crippen molar-refractivity contribution >= 4 is 23.2 Å². The van der Waals surface area contributed by atoms with Crippen molar-refractivity contribution in [3.8, 4) is 0 Å². The molecule has 2 amide bonds. The minimum absolute atomic E-state index is 0.0960. The number of carbonyl (C=O) groups excluding carboxylic acids is 2. The quantitative estimate of drug-likeness (QED) is 0.644. The lowest BCUT2D eigenvalue weighted by atomic mass is 10.2. The van der Waals surface area contributed by atoms with Gasteiger partial charge in [0.1, 0.15) is 0 Å². The van der Waals surface area contributed by atoms with Crippen LogP contribution in [0.1, 0.15) is 35.7 Å². The molecule has 0 aromatic heterocycles. The van der Waals surface area contributed by atoms with Gasteiger partial charge < -0.3 is 16.0 Å². The van der Waals surface area contributed by atoms with Crippen molar-refractivity contribution in [3.05, 3.63) is 59.7 Å². The first-order chi connectivity index (χ1) is 12.1. The Morgan fingerprint density at radius 2 is 1.76 bits per heavy atom. The summed E-state index contributed by atoms with van der Waals surface area (Å²) in [6, 6.07) is 14.8. The number of carbonyl (C=O) groups is 2. The van der Waals surface area contributed by atoms with E-state index >= 15 is 0 Å². The maximum atomic E-state index is 12.1. The number of hydrogen-bond acceptors (Lipinski definition) is 3. The molecule has 2 aromatic carbocycles. The van der Waals surface area contributed by atoms with Gasteiger partial charge in [-0.05, 0) is 49.2 Å². The fourth-order valence-electron chi connectivity index (χ4n) is 2.36. The van der Waals surface area contributed by atoms with Crippen LogP contribution >= 0.6 is 0 Å². The number of aryl methyl sites for hydroxylation is 1. The fourth-order valence-corrected chi connectivity index (χ4v) is 2.36. The second kappa shape index (κ2) is 9.47. The molecule has 2 rings (SSSR count). The summed E-state index contributed by atoms with van der Waals surface area (Å²) in [5, 5.41) is 8.78. The van der Waals surface area contributed by atoms with Crippen LogP contribution in [0.15, 0.2) is 48.5 Å². The summed E-state index contributed by atoms with van der Waals surface area (Å²) in [5.41, 5.74) is 3.19. The Hall–Kier alpha value is -2.82. The Kier molecular flexibility index (Phi) is 7.01. The second-order valence-electron chi connectivity index (χ2n) is 5.96. The molecule has 132 valence electrons. The lowest BCUT2D eigenvalue weighted by molar-refractivity contribution is -0.114. The van der Waals surface area contributed by atoms with Gasteiger partial charge in [0.25, 0.3) is 5.91 Å². The van der Waals surface area contributed by atoms with Crippen molar-refractivity contribution < 1.29 is 9.59 Å². The highest BCUT2D eigenvalue weighted by Crippen LogP contribution is 2.12. The lowest BCUT2D eigenvalue weighted by Gasteiger charge is -2.10. The first-order valence-electron chi connectivity index (χ1n) is 8.57. The van der Waals surface area contributed by atoms with Crippen molar-refractivity contribution in [1.29, 1.82) is 0 Å². The Morgan fingerprint density at radius 3 is 2.52 bits per heavy atom. The zero-order chi connectivity index (χ0) is 18.1. The third kappa shape index (κ3) is 6.30. The average molecular weight is 339 g/mol. The van der Waals surface area contributed by atoms with Gasteiger partial charge in [0, 0.05) is 23.5 Å². The Balaban J connectivity index is 1.87. The van der Waals surface area contributed by atoms with E-state index in [2.05, 4.69) is 22.9 Å². The van der Waals surface area contributed by atoms with Gasteiger partial charge in [-0.25, -0.2) is 0 Å². The summed E-state index contributed by atoms with van der Waals surface area (Å²) in [4.78, 5) is 24.1. The number of rotatable bonds is 8. The molecule has 0 fully saturated rings. The number of unbranched alkanes of at least 4 members (excludes halogenated alkanes) is 1. The molecule has 2 aromatic rings. The predicted molar refractivity (Wildman–Crippen MR) is 102 cm³/mol. The molecule has 0 bridgehead atoms. The topological polar surface area (TPSA) is 70.2 Å². The summed E-state index contributed by atoms with van der Waals surface area (Å²) >= 11 is 0. The van der Waals surface area contributed by atoms with Gasteiger partial charge in [0.15, 0.2) is 0 Å². The van der Waals surface area contributed by atoms with Crippen LogP contribution in [0.4, 0.5) is 11.4 Å². The van der Waals surface area contributed by atoms with E-state index in [4.69, 9.17) is 0 Å². The summed E-state index contributed by atoms with van der Waals surface area (Å²) in [7, 11) is 0. The van der Waals surface area contributed by atoms with E-state index < -0.39 is 0 Å². The molecule has 0 aliphatic heterocycles. The van der Waals surface area contributed by atoms with Crippen LogP contribution in [0.3, 0.4) is 0 Å². The number of nitrogens with one attached hydrogen (secondary N) is 3. The van der Waals surface area contributed by atoms with E-state index in [1.54, 1.807) is 18.2 Å². The Bertz CT molecular complexity index is 728. The predicted octanol–water partition coefficient (Wildman–Crippen LogP) is 3.58. The normalized spacial score (nSPS) is 10.2. The number of hydrogen-bond donors (Lipinski definition) is 3. The number of amides is 2. The van der Waals surface area contributed by atoms with E-state index in [1.807, 2.05) is 37.3 Å². The molecule has 0 aliphatic rings. The molecule has 0 atom stereocenters. The van der Waals surface area contributed by atoms with Crippen LogP contribution in [-0.2, 0) is 4.79 Å². The zero-order valence-electron chi connectivity index (χ0n) is 14.8. The van der Waals surface area contributed by atoms with Crippen molar-refractivity contribution in [2.45, 2.75) is 26.7 Å².